The van der Waals surface area contributed by atoms with Crippen LogP contribution in [0.15, 0.2) is 24.3 Å². The second kappa shape index (κ2) is 5.74. The summed E-state index contributed by atoms with van der Waals surface area (Å²) in [6.07, 6.45) is -1.94. The van der Waals surface area contributed by atoms with Crippen LogP contribution in [-0.2, 0) is 12.6 Å². The summed E-state index contributed by atoms with van der Waals surface area (Å²) in [6, 6.07) is 5.54. The molecule has 0 aliphatic rings. The van der Waals surface area contributed by atoms with Gasteiger partial charge in [0.05, 0.1) is 5.56 Å². The molecule has 102 valence electrons. The zero-order chi connectivity index (χ0) is 13.8. The monoisotopic (exact) mass is 259 g/mol. The molecule has 1 nitrogen and oxygen atoms in total. The summed E-state index contributed by atoms with van der Waals surface area (Å²) in [6.45, 7) is 4.56. The quantitative estimate of drug-likeness (QED) is 0.849. The predicted molar refractivity (Wildman–Crippen MR) is 67.2 cm³/mol. The van der Waals surface area contributed by atoms with Gasteiger partial charge in [-0.3, -0.25) is 0 Å². The SMILES string of the molecule is CCC(CC)(CN)Cc1cccc(C(F)(F)F)c1. The van der Waals surface area contributed by atoms with E-state index in [1.165, 1.54) is 12.1 Å². The largest absolute Gasteiger partial charge is 0.416 e. The fourth-order valence-corrected chi connectivity index (χ4v) is 2.15. The van der Waals surface area contributed by atoms with Crippen molar-refractivity contribution in [2.24, 2.45) is 11.1 Å². The fourth-order valence-electron chi connectivity index (χ4n) is 2.15. The molecule has 0 unspecified atom stereocenters. The van der Waals surface area contributed by atoms with Gasteiger partial charge in [-0.1, -0.05) is 32.0 Å². The van der Waals surface area contributed by atoms with E-state index >= 15 is 0 Å². The highest BCUT2D eigenvalue weighted by Gasteiger charge is 2.31. The molecule has 0 aliphatic heterocycles. The van der Waals surface area contributed by atoms with Crippen LogP contribution in [0.4, 0.5) is 13.2 Å². The first kappa shape index (κ1) is 15.0. The number of nitrogens with two attached hydrogens (primary N) is 1. The molecule has 0 amide bonds. The van der Waals surface area contributed by atoms with Gasteiger partial charge in [0.1, 0.15) is 0 Å². The molecule has 18 heavy (non-hydrogen) atoms. The number of halogens is 3. The number of hydrogen-bond acceptors (Lipinski definition) is 1. The van der Waals surface area contributed by atoms with Crippen LogP contribution in [0, 0.1) is 5.41 Å². The Morgan fingerprint density at radius 3 is 2.17 bits per heavy atom. The van der Waals surface area contributed by atoms with Crippen molar-refractivity contribution in [3.05, 3.63) is 35.4 Å². The Hall–Kier alpha value is -1.03. The van der Waals surface area contributed by atoms with Crippen molar-refractivity contribution < 1.29 is 13.2 Å². The molecule has 0 aromatic heterocycles. The van der Waals surface area contributed by atoms with Gasteiger partial charge in [-0.25, -0.2) is 0 Å². The van der Waals surface area contributed by atoms with E-state index in [0.29, 0.717) is 18.5 Å². The number of hydrogen-bond donors (Lipinski definition) is 1. The summed E-state index contributed by atoms with van der Waals surface area (Å²) >= 11 is 0. The topological polar surface area (TPSA) is 26.0 Å². The highest BCUT2D eigenvalue weighted by molar-refractivity contribution is 5.26. The predicted octanol–water partition coefficient (Wildman–Crippen LogP) is 4.01. The Bertz CT molecular complexity index is 373. The second-order valence-corrected chi connectivity index (χ2v) is 4.79. The summed E-state index contributed by atoms with van der Waals surface area (Å²) in [7, 11) is 0. The molecule has 2 N–H and O–H groups in total. The average Bonchev–Trinajstić information content (AvgIpc) is 2.35. The van der Waals surface area contributed by atoms with Gasteiger partial charge in [0.2, 0.25) is 0 Å². The van der Waals surface area contributed by atoms with Gasteiger partial charge < -0.3 is 5.73 Å². The smallest absolute Gasteiger partial charge is 0.330 e. The fraction of sp³-hybridized carbons (Fsp3) is 0.571. The molecule has 0 radical (unpaired) electrons. The molecule has 0 bridgehead atoms. The first-order valence-corrected chi connectivity index (χ1v) is 6.23. The van der Waals surface area contributed by atoms with Gasteiger partial charge in [0.15, 0.2) is 0 Å². The van der Waals surface area contributed by atoms with Gasteiger partial charge in [0.25, 0.3) is 0 Å². The van der Waals surface area contributed by atoms with Gasteiger partial charge in [-0.15, -0.1) is 0 Å². The van der Waals surface area contributed by atoms with Crippen LogP contribution in [0.2, 0.25) is 0 Å². The van der Waals surface area contributed by atoms with E-state index in [1.807, 2.05) is 13.8 Å². The summed E-state index contributed by atoms with van der Waals surface area (Å²) in [5, 5.41) is 0. The molecule has 0 saturated heterocycles. The minimum absolute atomic E-state index is 0.0930. The number of alkyl halides is 3. The third-order valence-corrected chi connectivity index (χ3v) is 3.77. The maximum absolute atomic E-state index is 12.6. The molecular weight excluding hydrogens is 239 g/mol. The molecule has 0 aliphatic carbocycles. The maximum atomic E-state index is 12.6. The van der Waals surface area contributed by atoms with Gasteiger partial charge in [-0.2, -0.15) is 13.2 Å². The van der Waals surface area contributed by atoms with Crippen molar-refractivity contribution in [1.82, 2.24) is 0 Å². The maximum Gasteiger partial charge on any atom is 0.416 e. The number of benzene rings is 1. The summed E-state index contributed by atoms with van der Waals surface area (Å²) < 4.78 is 37.9. The molecule has 0 fully saturated rings. The third kappa shape index (κ3) is 3.48. The Balaban J connectivity index is 2.98. The van der Waals surface area contributed by atoms with E-state index in [4.69, 9.17) is 5.73 Å². The molecule has 0 atom stereocenters. The van der Waals surface area contributed by atoms with Crippen LogP contribution in [0.1, 0.15) is 37.8 Å². The average molecular weight is 259 g/mol. The standard InChI is InChI=1S/C14H20F3N/c1-3-13(4-2,10-18)9-11-6-5-7-12(8-11)14(15,16)17/h5-8H,3-4,9-10,18H2,1-2H3. The van der Waals surface area contributed by atoms with Crippen molar-refractivity contribution in [1.29, 1.82) is 0 Å². The lowest BCUT2D eigenvalue weighted by Gasteiger charge is -2.30. The molecule has 0 spiro atoms. The van der Waals surface area contributed by atoms with Crippen molar-refractivity contribution in [2.45, 2.75) is 39.3 Å². The van der Waals surface area contributed by atoms with E-state index in [2.05, 4.69) is 0 Å². The van der Waals surface area contributed by atoms with E-state index in [0.717, 1.165) is 18.9 Å². The molecule has 1 rings (SSSR count). The summed E-state index contributed by atoms with van der Waals surface area (Å²) in [4.78, 5) is 0. The molecule has 4 heteroatoms. The Morgan fingerprint density at radius 1 is 1.11 bits per heavy atom. The van der Waals surface area contributed by atoms with Crippen molar-refractivity contribution >= 4 is 0 Å². The highest BCUT2D eigenvalue weighted by atomic mass is 19.4. The zero-order valence-corrected chi connectivity index (χ0v) is 10.8. The highest BCUT2D eigenvalue weighted by Crippen LogP contribution is 2.33. The van der Waals surface area contributed by atoms with Gasteiger partial charge in [-0.05, 0) is 42.9 Å². The van der Waals surface area contributed by atoms with Crippen LogP contribution >= 0.6 is 0 Å². The van der Waals surface area contributed by atoms with Crippen LogP contribution in [-0.4, -0.2) is 6.54 Å². The molecule has 0 saturated carbocycles. The second-order valence-electron chi connectivity index (χ2n) is 4.79. The first-order valence-electron chi connectivity index (χ1n) is 6.23. The first-order chi connectivity index (χ1) is 8.37. The summed E-state index contributed by atoms with van der Waals surface area (Å²) in [5.41, 5.74) is 5.81. The minimum atomic E-state index is -4.28. The number of rotatable bonds is 5. The lowest BCUT2D eigenvalue weighted by molar-refractivity contribution is -0.137. The Labute approximate surface area is 106 Å². The van der Waals surface area contributed by atoms with Crippen molar-refractivity contribution in [2.75, 3.05) is 6.54 Å². The van der Waals surface area contributed by atoms with Gasteiger partial charge in [0, 0.05) is 0 Å². The van der Waals surface area contributed by atoms with Crippen LogP contribution in [0.5, 0.6) is 0 Å². The van der Waals surface area contributed by atoms with E-state index < -0.39 is 11.7 Å². The van der Waals surface area contributed by atoms with E-state index in [1.54, 1.807) is 6.07 Å². The molecule has 1 aromatic carbocycles. The van der Waals surface area contributed by atoms with E-state index in [9.17, 15) is 13.2 Å². The molecule has 1 aromatic rings. The molecule has 0 heterocycles. The Kier molecular flexibility index (Phi) is 4.79. The zero-order valence-electron chi connectivity index (χ0n) is 10.8. The van der Waals surface area contributed by atoms with Gasteiger partial charge >= 0.3 is 6.18 Å². The Morgan fingerprint density at radius 2 is 1.72 bits per heavy atom. The van der Waals surface area contributed by atoms with Crippen molar-refractivity contribution in [3.63, 3.8) is 0 Å². The minimum Gasteiger partial charge on any atom is -0.330 e. The van der Waals surface area contributed by atoms with Crippen LogP contribution in [0.25, 0.3) is 0 Å². The third-order valence-electron chi connectivity index (χ3n) is 3.77. The van der Waals surface area contributed by atoms with Crippen LogP contribution in [0.3, 0.4) is 0 Å². The van der Waals surface area contributed by atoms with Crippen LogP contribution < -0.4 is 5.73 Å². The molecular formula is C14H20F3N. The van der Waals surface area contributed by atoms with E-state index in [-0.39, 0.29) is 5.41 Å². The lowest BCUT2D eigenvalue weighted by atomic mass is 9.77. The lowest BCUT2D eigenvalue weighted by Crippen LogP contribution is -2.31. The normalized spacial score (nSPS) is 12.8. The van der Waals surface area contributed by atoms with Crippen molar-refractivity contribution in [3.8, 4) is 0 Å². The summed E-state index contributed by atoms with van der Waals surface area (Å²) in [5.74, 6) is 0.